The first-order valence-electron chi connectivity index (χ1n) is 9.61. The van der Waals surface area contributed by atoms with Crippen LogP contribution in [0, 0.1) is 6.92 Å². The van der Waals surface area contributed by atoms with E-state index >= 15 is 0 Å². The lowest BCUT2D eigenvalue weighted by molar-refractivity contribution is 0.0998. The Labute approximate surface area is 183 Å². The number of hydrogen-bond donors (Lipinski definition) is 1. The summed E-state index contributed by atoms with van der Waals surface area (Å²) in [7, 11) is 2.02. The fourth-order valence-corrected chi connectivity index (χ4v) is 4.93. The fourth-order valence-electron chi connectivity index (χ4n) is 3.09. The molecule has 0 saturated carbocycles. The van der Waals surface area contributed by atoms with Crippen molar-refractivity contribution in [3.63, 3.8) is 0 Å². The van der Waals surface area contributed by atoms with Crippen molar-refractivity contribution in [1.29, 1.82) is 0 Å². The number of anilines is 2. The second kappa shape index (κ2) is 8.89. The zero-order valence-electron chi connectivity index (χ0n) is 17.0. The summed E-state index contributed by atoms with van der Waals surface area (Å²) in [4.78, 5) is 15.2. The van der Waals surface area contributed by atoms with Crippen molar-refractivity contribution in [2.75, 3.05) is 23.8 Å². The van der Waals surface area contributed by atoms with Gasteiger partial charge in [-0.2, -0.15) is 0 Å². The number of aryl methyl sites for hydroxylation is 1. The molecule has 0 aliphatic rings. The van der Waals surface area contributed by atoms with Crippen molar-refractivity contribution in [1.82, 2.24) is 10.2 Å². The first kappa shape index (κ1) is 20.4. The minimum atomic E-state index is -0.258. The van der Waals surface area contributed by atoms with E-state index in [0.29, 0.717) is 17.1 Å². The number of furan rings is 1. The van der Waals surface area contributed by atoms with Gasteiger partial charge in [-0.15, -0.1) is 10.2 Å². The maximum Gasteiger partial charge on any atom is 0.291 e. The van der Waals surface area contributed by atoms with Gasteiger partial charge >= 0.3 is 0 Å². The van der Waals surface area contributed by atoms with Gasteiger partial charge in [0, 0.05) is 41.7 Å². The zero-order chi connectivity index (χ0) is 21.1. The summed E-state index contributed by atoms with van der Waals surface area (Å²) in [5, 5.41) is 13.1. The number of aromatic nitrogens is 2. The molecule has 6 nitrogen and oxygen atoms in total. The molecular formula is C22H22N4O2S2. The van der Waals surface area contributed by atoms with Crippen molar-refractivity contribution in [2.45, 2.75) is 23.9 Å². The number of hydrogen-bond acceptors (Lipinski definition) is 7. The molecule has 154 valence electrons. The SMILES string of the molecule is CCN(C)c1cccc(NC(=O)c2oc3ccccc3c2CSc2nnc(C)s2)c1. The van der Waals surface area contributed by atoms with Crippen molar-refractivity contribution >= 4 is 51.3 Å². The Morgan fingerprint density at radius 1 is 1.20 bits per heavy atom. The van der Waals surface area contributed by atoms with Gasteiger partial charge in [-0.1, -0.05) is 47.4 Å². The lowest BCUT2D eigenvalue weighted by Crippen LogP contribution is -2.17. The summed E-state index contributed by atoms with van der Waals surface area (Å²) >= 11 is 3.10. The number of amides is 1. The van der Waals surface area contributed by atoms with Crippen LogP contribution in [0.2, 0.25) is 0 Å². The quantitative estimate of drug-likeness (QED) is 0.379. The monoisotopic (exact) mass is 438 g/mol. The molecule has 1 amide bonds. The molecule has 0 unspecified atom stereocenters. The van der Waals surface area contributed by atoms with Gasteiger partial charge in [0.25, 0.3) is 5.91 Å². The topological polar surface area (TPSA) is 71.3 Å². The fraction of sp³-hybridized carbons (Fsp3) is 0.227. The molecule has 30 heavy (non-hydrogen) atoms. The molecule has 0 spiro atoms. The minimum absolute atomic E-state index is 0.258. The molecule has 8 heteroatoms. The number of nitrogens with one attached hydrogen (secondary N) is 1. The second-order valence-electron chi connectivity index (χ2n) is 6.80. The molecule has 4 aromatic rings. The van der Waals surface area contributed by atoms with Crippen LogP contribution in [0.3, 0.4) is 0 Å². The number of carbonyl (C=O) groups excluding carboxylic acids is 1. The number of carbonyl (C=O) groups is 1. The highest BCUT2D eigenvalue weighted by molar-refractivity contribution is 8.00. The third-order valence-electron chi connectivity index (χ3n) is 4.77. The first-order valence-corrected chi connectivity index (χ1v) is 11.4. The Balaban J connectivity index is 1.62. The van der Waals surface area contributed by atoms with Crippen molar-refractivity contribution in [2.24, 2.45) is 0 Å². The van der Waals surface area contributed by atoms with Crippen LogP contribution in [-0.4, -0.2) is 29.7 Å². The lowest BCUT2D eigenvalue weighted by Gasteiger charge is -2.17. The summed E-state index contributed by atoms with van der Waals surface area (Å²) in [5.74, 6) is 0.651. The predicted octanol–water partition coefficient (Wildman–Crippen LogP) is 5.59. The average molecular weight is 439 g/mol. The predicted molar refractivity (Wildman–Crippen MR) is 124 cm³/mol. The molecule has 2 aromatic heterocycles. The summed E-state index contributed by atoms with van der Waals surface area (Å²) in [6, 6.07) is 15.5. The zero-order valence-corrected chi connectivity index (χ0v) is 18.6. The van der Waals surface area contributed by atoms with Gasteiger partial charge in [0.2, 0.25) is 0 Å². The third-order valence-corrected chi connectivity index (χ3v) is 6.77. The van der Waals surface area contributed by atoms with Crippen molar-refractivity contribution < 1.29 is 9.21 Å². The van der Waals surface area contributed by atoms with E-state index in [4.69, 9.17) is 4.42 Å². The van der Waals surface area contributed by atoms with Crippen LogP contribution in [0.15, 0.2) is 57.3 Å². The normalized spacial score (nSPS) is 11.0. The number of benzene rings is 2. The number of fused-ring (bicyclic) bond motifs is 1. The molecule has 2 heterocycles. The average Bonchev–Trinajstić information content (AvgIpc) is 3.35. The molecule has 0 atom stereocenters. The Morgan fingerprint density at radius 2 is 2.03 bits per heavy atom. The van der Waals surface area contributed by atoms with Gasteiger partial charge in [-0.25, -0.2) is 0 Å². The number of rotatable bonds is 7. The van der Waals surface area contributed by atoms with Crippen molar-refractivity contribution in [3.8, 4) is 0 Å². The van der Waals surface area contributed by atoms with Gasteiger partial charge in [0.05, 0.1) is 0 Å². The molecule has 1 N–H and O–H groups in total. The standard InChI is InChI=1S/C22H22N4O2S2/c1-4-26(3)16-9-7-8-15(12-16)23-21(27)20-18(13-29-22-25-24-14(2)30-22)17-10-5-6-11-19(17)28-20/h5-12H,4,13H2,1-3H3,(H,23,27). The van der Waals surface area contributed by atoms with Crippen LogP contribution in [0.1, 0.15) is 28.0 Å². The van der Waals surface area contributed by atoms with E-state index in [-0.39, 0.29) is 5.91 Å². The van der Waals surface area contributed by atoms with E-state index in [1.165, 1.54) is 0 Å². The Hall–Kier alpha value is -2.84. The summed E-state index contributed by atoms with van der Waals surface area (Å²) < 4.78 is 6.83. The molecule has 0 aliphatic carbocycles. The molecular weight excluding hydrogens is 416 g/mol. The van der Waals surface area contributed by atoms with E-state index < -0.39 is 0 Å². The van der Waals surface area contributed by atoms with Gasteiger partial charge in [0.15, 0.2) is 10.1 Å². The molecule has 0 aliphatic heterocycles. The Kier molecular flexibility index (Phi) is 6.06. The Bertz CT molecular complexity index is 1180. The van der Waals surface area contributed by atoms with E-state index in [2.05, 4.69) is 27.3 Å². The highest BCUT2D eigenvalue weighted by Gasteiger charge is 2.21. The summed E-state index contributed by atoms with van der Waals surface area (Å²) in [6.07, 6.45) is 0. The first-order chi connectivity index (χ1) is 14.5. The summed E-state index contributed by atoms with van der Waals surface area (Å²) in [5.41, 5.74) is 3.34. The van der Waals surface area contributed by atoms with Crippen LogP contribution < -0.4 is 10.2 Å². The van der Waals surface area contributed by atoms with Gasteiger partial charge in [-0.05, 0) is 38.1 Å². The third kappa shape index (κ3) is 4.34. The van der Waals surface area contributed by atoms with Crippen LogP contribution in [0.5, 0.6) is 0 Å². The van der Waals surface area contributed by atoms with E-state index in [9.17, 15) is 4.79 Å². The smallest absolute Gasteiger partial charge is 0.291 e. The molecule has 0 fully saturated rings. The van der Waals surface area contributed by atoms with E-state index in [1.54, 1.807) is 23.1 Å². The van der Waals surface area contributed by atoms with Gasteiger partial charge in [-0.3, -0.25) is 4.79 Å². The van der Waals surface area contributed by atoms with Crippen LogP contribution in [0.4, 0.5) is 11.4 Å². The summed E-state index contributed by atoms with van der Waals surface area (Å²) in [6.45, 7) is 4.90. The van der Waals surface area contributed by atoms with Gasteiger partial charge in [0.1, 0.15) is 10.6 Å². The van der Waals surface area contributed by atoms with Gasteiger partial charge < -0.3 is 14.6 Å². The lowest BCUT2D eigenvalue weighted by atomic mass is 10.1. The number of para-hydroxylation sites is 1. The van der Waals surface area contributed by atoms with E-state index in [0.717, 1.165) is 38.2 Å². The molecule has 2 aromatic carbocycles. The molecule has 0 saturated heterocycles. The highest BCUT2D eigenvalue weighted by Crippen LogP contribution is 2.33. The minimum Gasteiger partial charge on any atom is -0.451 e. The molecule has 0 radical (unpaired) electrons. The van der Waals surface area contributed by atoms with Crippen molar-refractivity contribution in [3.05, 3.63) is 64.9 Å². The number of thioether (sulfide) groups is 1. The van der Waals surface area contributed by atoms with E-state index in [1.807, 2.05) is 62.5 Å². The Morgan fingerprint density at radius 3 is 2.80 bits per heavy atom. The van der Waals surface area contributed by atoms with Crippen LogP contribution in [-0.2, 0) is 5.75 Å². The molecule has 0 bridgehead atoms. The maximum atomic E-state index is 13.1. The molecule has 4 rings (SSSR count). The second-order valence-corrected chi connectivity index (χ2v) is 9.20. The maximum absolute atomic E-state index is 13.1. The van der Waals surface area contributed by atoms with Crippen LogP contribution in [0.25, 0.3) is 11.0 Å². The number of nitrogens with zero attached hydrogens (tertiary/aromatic N) is 3. The van der Waals surface area contributed by atoms with Crippen LogP contribution >= 0.6 is 23.1 Å². The highest BCUT2D eigenvalue weighted by atomic mass is 32.2. The largest absolute Gasteiger partial charge is 0.451 e.